The third-order valence-electron chi connectivity index (χ3n) is 4.46. The van der Waals surface area contributed by atoms with Crippen LogP contribution in [0.5, 0.6) is 0 Å². The van der Waals surface area contributed by atoms with Gasteiger partial charge in [0.15, 0.2) is 5.96 Å². The van der Waals surface area contributed by atoms with Crippen LogP contribution in [0.4, 0.5) is 0 Å². The molecule has 0 aromatic carbocycles. The number of halogens is 1. The zero-order valence-electron chi connectivity index (χ0n) is 13.9. The molecule has 1 aromatic heterocycles. The maximum atomic E-state index is 6.16. The van der Waals surface area contributed by atoms with Gasteiger partial charge in [0.25, 0.3) is 0 Å². The molecule has 1 saturated heterocycles. The first-order chi connectivity index (χ1) is 10.6. The van der Waals surface area contributed by atoms with Crippen molar-refractivity contribution < 1.29 is 4.74 Å². The highest BCUT2D eigenvalue weighted by atomic mass is 127. The van der Waals surface area contributed by atoms with Crippen molar-refractivity contribution in [3.8, 4) is 0 Å². The minimum atomic E-state index is 0. The lowest BCUT2D eigenvalue weighted by Crippen LogP contribution is -2.41. The molecule has 0 bridgehead atoms. The van der Waals surface area contributed by atoms with Crippen molar-refractivity contribution in [2.45, 2.75) is 31.8 Å². The molecule has 1 aliphatic heterocycles. The van der Waals surface area contributed by atoms with Gasteiger partial charge in [-0.25, -0.2) is 0 Å². The van der Waals surface area contributed by atoms with E-state index in [2.05, 4.69) is 35.9 Å². The second-order valence-electron chi connectivity index (χ2n) is 6.15. The van der Waals surface area contributed by atoms with E-state index >= 15 is 0 Å². The zero-order valence-corrected chi connectivity index (χ0v) is 17.0. The third-order valence-corrected chi connectivity index (χ3v) is 5.56. The lowest BCUT2D eigenvalue weighted by Gasteiger charge is -2.33. The van der Waals surface area contributed by atoms with Gasteiger partial charge in [-0.1, -0.05) is 0 Å². The molecule has 1 saturated carbocycles. The topological polar surface area (TPSA) is 54.1 Å². The molecule has 23 heavy (non-hydrogen) atoms. The Morgan fingerprint density at radius 3 is 2.70 bits per heavy atom. The first-order valence-electron chi connectivity index (χ1n) is 8.06. The Bertz CT molecular complexity index is 526. The highest BCUT2D eigenvalue weighted by Crippen LogP contribution is 2.29. The number of hydrogen-bond acceptors (Lipinski definition) is 4. The van der Waals surface area contributed by atoms with Crippen LogP contribution in [0.3, 0.4) is 0 Å². The van der Waals surface area contributed by atoms with E-state index in [1.807, 2.05) is 11.3 Å². The molecule has 0 spiro atoms. The number of aliphatic imine (C=N–C) groups is 1. The number of hydrogen-bond donors (Lipinski definition) is 1. The summed E-state index contributed by atoms with van der Waals surface area (Å²) in [6.45, 7) is 6.43. The van der Waals surface area contributed by atoms with Crippen LogP contribution < -0.4 is 5.73 Å². The number of nitrogens with two attached hydrogens (primary N) is 1. The predicted molar refractivity (Wildman–Crippen MR) is 107 cm³/mol. The number of ether oxygens (including phenoxy) is 1. The number of guanidine groups is 1. The van der Waals surface area contributed by atoms with Crippen molar-refractivity contribution in [3.05, 3.63) is 21.9 Å². The van der Waals surface area contributed by atoms with Crippen LogP contribution in [0.2, 0.25) is 0 Å². The predicted octanol–water partition coefficient (Wildman–Crippen LogP) is 2.46. The molecule has 2 aliphatic rings. The second-order valence-corrected chi connectivity index (χ2v) is 7.47. The lowest BCUT2D eigenvalue weighted by atomic mass is 10.2. The van der Waals surface area contributed by atoms with E-state index in [4.69, 9.17) is 15.5 Å². The van der Waals surface area contributed by atoms with Gasteiger partial charge in [0.1, 0.15) is 0 Å². The maximum Gasteiger partial charge on any atom is 0.191 e. The monoisotopic (exact) mass is 450 g/mol. The summed E-state index contributed by atoms with van der Waals surface area (Å²) in [6.07, 6.45) is 2.48. The van der Waals surface area contributed by atoms with Crippen LogP contribution >= 0.6 is 35.3 Å². The standard InChI is InChI=1S/C16H26N4OS.HI/c1-12-3-6-15(22-12)14(20-7-9-21-10-8-20)11-18-16(17)19(2)13-4-5-13;/h3,6,13-14H,4-5,7-11H2,1-2H3,(H2,17,18);1H. The number of thiophene rings is 1. The zero-order chi connectivity index (χ0) is 15.5. The van der Waals surface area contributed by atoms with Gasteiger partial charge in [-0.15, -0.1) is 35.3 Å². The molecule has 1 atom stereocenters. The quantitative estimate of drug-likeness (QED) is 0.426. The number of nitrogens with zero attached hydrogens (tertiary/aromatic N) is 3. The molecule has 2 fully saturated rings. The third kappa shape index (κ3) is 5.04. The lowest BCUT2D eigenvalue weighted by molar-refractivity contribution is 0.0186. The Hall–Kier alpha value is -0.380. The normalized spacial score (nSPS) is 20.9. The summed E-state index contributed by atoms with van der Waals surface area (Å²) in [6, 6.07) is 5.34. The van der Waals surface area contributed by atoms with Crippen molar-refractivity contribution >= 4 is 41.3 Å². The molecule has 2 N–H and O–H groups in total. The van der Waals surface area contributed by atoms with Gasteiger partial charge in [-0.05, 0) is 31.9 Å². The molecule has 0 radical (unpaired) electrons. The summed E-state index contributed by atoms with van der Waals surface area (Å²) in [5, 5.41) is 0. The second kappa shape index (κ2) is 8.64. The van der Waals surface area contributed by atoms with E-state index in [1.54, 1.807) is 0 Å². The number of morpholine rings is 1. The van der Waals surface area contributed by atoms with Crippen LogP contribution in [0.15, 0.2) is 17.1 Å². The maximum absolute atomic E-state index is 6.16. The molecule has 130 valence electrons. The summed E-state index contributed by atoms with van der Waals surface area (Å²) >= 11 is 1.86. The summed E-state index contributed by atoms with van der Waals surface area (Å²) in [5.41, 5.74) is 6.16. The fraction of sp³-hybridized carbons (Fsp3) is 0.688. The Labute approximate surface area is 159 Å². The highest BCUT2D eigenvalue weighted by molar-refractivity contribution is 14.0. The number of aryl methyl sites for hydroxylation is 1. The summed E-state index contributed by atoms with van der Waals surface area (Å²) in [4.78, 5) is 12.0. The Morgan fingerprint density at radius 2 is 2.13 bits per heavy atom. The Balaban J connectivity index is 0.00000192. The SMILES string of the molecule is Cc1ccc(C(CN=C(N)N(C)C2CC2)N2CCOCC2)s1.I. The van der Waals surface area contributed by atoms with E-state index in [9.17, 15) is 0 Å². The molecule has 2 heterocycles. The summed E-state index contributed by atoms with van der Waals surface area (Å²) < 4.78 is 5.49. The average molecular weight is 450 g/mol. The molecule has 3 rings (SSSR count). The van der Waals surface area contributed by atoms with E-state index in [0.717, 1.165) is 32.8 Å². The summed E-state index contributed by atoms with van der Waals surface area (Å²) in [5.74, 6) is 0.675. The van der Waals surface area contributed by atoms with Crippen LogP contribution in [0.25, 0.3) is 0 Å². The first kappa shape index (κ1) is 19.0. The van der Waals surface area contributed by atoms with Crippen molar-refractivity contribution in [2.75, 3.05) is 39.9 Å². The molecular weight excluding hydrogens is 423 g/mol. The van der Waals surface area contributed by atoms with Crippen molar-refractivity contribution in [1.29, 1.82) is 0 Å². The molecule has 1 unspecified atom stereocenters. The summed E-state index contributed by atoms with van der Waals surface area (Å²) in [7, 11) is 2.05. The fourth-order valence-electron chi connectivity index (χ4n) is 2.85. The van der Waals surface area contributed by atoms with Gasteiger partial charge >= 0.3 is 0 Å². The van der Waals surface area contributed by atoms with Crippen LogP contribution in [0.1, 0.15) is 28.6 Å². The van der Waals surface area contributed by atoms with Gasteiger partial charge in [0.2, 0.25) is 0 Å². The van der Waals surface area contributed by atoms with Gasteiger partial charge < -0.3 is 15.4 Å². The fourth-order valence-corrected chi connectivity index (χ4v) is 3.85. The molecule has 7 heteroatoms. The van der Waals surface area contributed by atoms with Crippen LogP contribution in [0, 0.1) is 6.92 Å². The van der Waals surface area contributed by atoms with Gasteiger partial charge in [0, 0.05) is 35.9 Å². The molecular formula is C16H27IN4OS. The molecule has 1 aromatic rings. The Morgan fingerprint density at radius 1 is 1.43 bits per heavy atom. The number of rotatable bonds is 5. The highest BCUT2D eigenvalue weighted by Gasteiger charge is 2.28. The minimum Gasteiger partial charge on any atom is -0.379 e. The van der Waals surface area contributed by atoms with Gasteiger partial charge in [0.05, 0.1) is 25.8 Å². The van der Waals surface area contributed by atoms with Crippen molar-refractivity contribution in [1.82, 2.24) is 9.80 Å². The van der Waals surface area contributed by atoms with Crippen LogP contribution in [-0.4, -0.2) is 61.7 Å². The van der Waals surface area contributed by atoms with E-state index in [1.165, 1.54) is 22.6 Å². The van der Waals surface area contributed by atoms with E-state index in [0.29, 0.717) is 18.0 Å². The molecule has 0 amide bonds. The van der Waals surface area contributed by atoms with Crippen molar-refractivity contribution in [2.24, 2.45) is 10.7 Å². The van der Waals surface area contributed by atoms with Crippen LogP contribution in [-0.2, 0) is 4.74 Å². The van der Waals surface area contributed by atoms with E-state index in [-0.39, 0.29) is 24.0 Å². The molecule has 5 nitrogen and oxygen atoms in total. The van der Waals surface area contributed by atoms with Gasteiger partial charge in [-0.3, -0.25) is 9.89 Å². The smallest absolute Gasteiger partial charge is 0.191 e. The van der Waals surface area contributed by atoms with Crippen molar-refractivity contribution in [3.63, 3.8) is 0 Å². The largest absolute Gasteiger partial charge is 0.379 e. The first-order valence-corrected chi connectivity index (χ1v) is 8.87. The molecule has 1 aliphatic carbocycles. The Kier molecular flexibility index (Phi) is 7.12. The average Bonchev–Trinajstić information content (AvgIpc) is 3.30. The van der Waals surface area contributed by atoms with Gasteiger partial charge in [-0.2, -0.15) is 0 Å². The van der Waals surface area contributed by atoms with E-state index < -0.39 is 0 Å². The minimum absolute atomic E-state index is 0.